The van der Waals surface area contributed by atoms with E-state index in [0.29, 0.717) is 17.2 Å². The Kier molecular flexibility index (Phi) is 4.24. The van der Waals surface area contributed by atoms with Crippen molar-refractivity contribution in [2.24, 2.45) is 0 Å². The van der Waals surface area contributed by atoms with Crippen molar-refractivity contribution in [2.75, 3.05) is 0 Å². The summed E-state index contributed by atoms with van der Waals surface area (Å²) in [6, 6.07) is 14.8. The standard InChI is InChI=1S/C14H9BrClNO/c15-12-3-5-13(6-4-12)18-9-11-2-1-10(8-17)7-14(11)16/h1-7H,9H2. The molecular weight excluding hydrogens is 314 g/mol. The quantitative estimate of drug-likeness (QED) is 0.830. The number of nitriles is 1. The Balaban J connectivity index is 2.06. The topological polar surface area (TPSA) is 33.0 Å². The molecule has 0 spiro atoms. The predicted octanol–water partition coefficient (Wildman–Crippen LogP) is 4.55. The van der Waals surface area contributed by atoms with Gasteiger partial charge in [0.2, 0.25) is 0 Å². The lowest BCUT2D eigenvalue weighted by atomic mass is 10.1. The van der Waals surface area contributed by atoms with Gasteiger partial charge in [-0.3, -0.25) is 0 Å². The van der Waals surface area contributed by atoms with Crippen LogP contribution in [-0.2, 0) is 6.61 Å². The zero-order valence-corrected chi connectivity index (χ0v) is 11.7. The van der Waals surface area contributed by atoms with E-state index in [1.807, 2.05) is 30.3 Å². The first kappa shape index (κ1) is 12.9. The summed E-state index contributed by atoms with van der Waals surface area (Å²) in [5.41, 5.74) is 1.41. The fourth-order valence-electron chi connectivity index (χ4n) is 1.43. The van der Waals surface area contributed by atoms with Crippen LogP contribution in [0.15, 0.2) is 46.9 Å². The van der Waals surface area contributed by atoms with E-state index in [2.05, 4.69) is 15.9 Å². The Morgan fingerprint density at radius 1 is 1.17 bits per heavy atom. The van der Waals surface area contributed by atoms with Crippen LogP contribution in [0.2, 0.25) is 5.02 Å². The molecule has 2 aromatic rings. The van der Waals surface area contributed by atoms with Crippen molar-refractivity contribution >= 4 is 27.5 Å². The van der Waals surface area contributed by atoms with E-state index in [-0.39, 0.29) is 0 Å². The highest BCUT2D eigenvalue weighted by atomic mass is 79.9. The van der Waals surface area contributed by atoms with Gasteiger partial charge in [0.15, 0.2) is 0 Å². The molecular formula is C14H9BrClNO. The molecule has 0 atom stereocenters. The molecule has 0 bridgehead atoms. The van der Waals surface area contributed by atoms with Gasteiger partial charge in [0.1, 0.15) is 12.4 Å². The Bertz CT molecular complexity index is 590. The molecule has 4 heteroatoms. The lowest BCUT2D eigenvalue weighted by molar-refractivity contribution is 0.306. The van der Waals surface area contributed by atoms with Crippen LogP contribution in [0.3, 0.4) is 0 Å². The third-order valence-corrected chi connectivity index (χ3v) is 3.27. The lowest BCUT2D eigenvalue weighted by Gasteiger charge is -2.08. The number of hydrogen-bond acceptors (Lipinski definition) is 2. The first-order valence-electron chi connectivity index (χ1n) is 5.26. The molecule has 2 aromatic carbocycles. The minimum absolute atomic E-state index is 0.381. The van der Waals surface area contributed by atoms with E-state index in [4.69, 9.17) is 21.6 Å². The molecule has 0 N–H and O–H groups in total. The van der Waals surface area contributed by atoms with Crippen molar-refractivity contribution in [3.8, 4) is 11.8 Å². The maximum absolute atomic E-state index is 8.74. The lowest BCUT2D eigenvalue weighted by Crippen LogP contribution is -1.96. The first-order chi connectivity index (χ1) is 8.69. The monoisotopic (exact) mass is 321 g/mol. The molecule has 18 heavy (non-hydrogen) atoms. The normalized spacial score (nSPS) is 9.83. The number of nitrogens with zero attached hydrogens (tertiary/aromatic N) is 1. The maximum atomic E-state index is 8.74. The second-order valence-corrected chi connectivity index (χ2v) is 4.98. The summed E-state index contributed by atoms with van der Waals surface area (Å²) in [4.78, 5) is 0. The van der Waals surface area contributed by atoms with Crippen molar-refractivity contribution in [1.29, 1.82) is 5.26 Å². The highest BCUT2D eigenvalue weighted by Crippen LogP contribution is 2.21. The average molecular weight is 323 g/mol. The van der Waals surface area contributed by atoms with Crippen molar-refractivity contribution < 1.29 is 4.74 Å². The second-order valence-electron chi connectivity index (χ2n) is 3.66. The molecule has 0 unspecified atom stereocenters. The van der Waals surface area contributed by atoms with E-state index >= 15 is 0 Å². The Hall–Kier alpha value is -1.50. The molecule has 0 aromatic heterocycles. The third-order valence-electron chi connectivity index (χ3n) is 2.39. The van der Waals surface area contributed by atoms with Crippen LogP contribution in [0.5, 0.6) is 5.75 Å². The fourth-order valence-corrected chi connectivity index (χ4v) is 1.93. The fraction of sp³-hybridized carbons (Fsp3) is 0.0714. The van der Waals surface area contributed by atoms with Crippen LogP contribution in [0.1, 0.15) is 11.1 Å². The minimum Gasteiger partial charge on any atom is -0.489 e. The number of hydrogen-bond donors (Lipinski definition) is 0. The van der Waals surface area contributed by atoms with Crippen LogP contribution in [-0.4, -0.2) is 0 Å². The van der Waals surface area contributed by atoms with Gasteiger partial charge in [-0.15, -0.1) is 0 Å². The zero-order chi connectivity index (χ0) is 13.0. The maximum Gasteiger partial charge on any atom is 0.119 e. The first-order valence-corrected chi connectivity index (χ1v) is 6.43. The van der Waals surface area contributed by atoms with E-state index in [0.717, 1.165) is 15.8 Å². The number of benzene rings is 2. The van der Waals surface area contributed by atoms with E-state index in [1.165, 1.54) is 0 Å². The second kappa shape index (κ2) is 5.90. The summed E-state index contributed by atoms with van der Waals surface area (Å²) in [6.07, 6.45) is 0. The SMILES string of the molecule is N#Cc1ccc(COc2ccc(Br)cc2)c(Cl)c1. The summed E-state index contributed by atoms with van der Waals surface area (Å²) in [5, 5.41) is 9.29. The summed E-state index contributed by atoms with van der Waals surface area (Å²) in [5.74, 6) is 0.777. The van der Waals surface area contributed by atoms with Crippen LogP contribution < -0.4 is 4.74 Å². The summed E-state index contributed by atoms with van der Waals surface area (Å²) >= 11 is 9.42. The Morgan fingerprint density at radius 3 is 2.50 bits per heavy atom. The van der Waals surface area contributed by atoms with E-state index in [1.54, 1.807) is 18.2 Å². The third kappa shape index (κ3) is 3.25. The van der Waals surface area contributed by atoms with Gasteiger partial charge in [-0.25, -0.2) is 0 Å². The van der Waals surface area contributed by atoms with Crippen molar-refractivity contribution in [3.05, 3.63) is 63.1 Å². The van der Waals surface area contributed by atoms with Gasteiger partial charge in [0, 0.05) is 15.1 Å². The molecule has 0 saturated heterocycles. The van der Waals surface area contributed by atoms with Crippen LogP contribution >= 0.6 is 27.5 Å². The molecule has 0 aliphatic carbocycles. The van der Waals surface area contributed by atoms with Crippen molar-refractivity contribution in [1.82, 2.24) is 0 Å². The Labute approximate surface area is 119 Å². The van der Waals surface area contributed by atoms with Gasteiger partial charge >= 0.3 is 0 Å². The summed E-state index contributed by atoms with van der Waals surface area (Å²) < 4.78 is 6.62. The molecule has 0 fully saturated rings. The smallest absolute Gasteiger partial charge is 0.119 e. The summed E-state index contributed by atoms with van der Waals surface area (Å²) in [6.45, 7) is 0.381. The molecule has 0 radical (unpaired) electrons. The van der Waals surface area contributed by atoms with Gasteiger partial charge < -0.3 is 4.74 Å². The van der Waals surface area contributed by atoms with Crippen LogP contribution in [0.4, 0.5) is 0 Å². The van der Waals surface area contributed by atoms with Crippen LogP contribution in [0.25, 0.3) is 0 Å². The van der Waals surface area contributed by atoms with Crippen LogP contribution in [0, 0.1) is 11.3 Å². The zero-order valence-electron chi connectivity index (χ0n) is 9.36. The van der Waals surface area contributed by atoms with Gasteiger partial charge in [0.05, 0.1) is 11.6 Å². The van der Waals surface area contributed by atoms with Crippen molar-refractivity contribution in [2.45, 2.75) is 6.61 Å². The van der Waals surface area contributed by atoms with Gasteiger partial charge in [-0.2, -0.15) is 5.26 Å². The number of halogens is 2. The Morgan fingerprint density at radius 2 is 1.89 bits per heavy atom. The molecule has 0 aliphatic rings. The number of ether oxygens (including phenoxy) is 1. The molecule has 0 saturated carbocycles. The van der Waals surface area contributed by atoms with Gasteiger partial charge in [-0.1, -0.05) is 33.6 Å². The highest BCUT2D eigenvalue weighted by Gasteiger charge is 2.03. The van der Waals surface area contributed by atoms with Crippen molar-refractivity contribution in [3.63, 3.8) is 0 Å². The largest absolute Gasteiger partial charge is 0.489 e. The minimum atomic E-state index is 0.381. The van der Waals surface area contributed by atoms with Gasteiger partial charge in [0.25, 0.3) is 0 Å². The molecule has 2 nitrogen and oxygen atoms in total. The average Bonchev–Trinajstić information content (AvgIpc) is 2.39. The summed E-state index contributed by atoms with van der Waals surface area (Å²) in [7, 11) is 0. The predicted molar refractivity (Wildman–Crippen MR) is 74.6 cm³/mol. The van der Waals surface area contributed by atoms with Gasteiger partial charge in [-0.05, 0) is 36.4 Å². The molecule has 0 aliphatic heterocycles. The molecule has 90 valence electrons. The highest BCUT2D eigenvalue weighted by molar-refractivity contribution is 9.10. The number of rotatable bonds is 3. The molecule has 0 heterocycles. The molecule has 0 amide bonds. The van der Waals surface area contributed by atoms with E-state index < -0.39 is 0 Å². The van der Waals surface area contributed by atoms with E-state index in [9.17, 15) is 0 Å². The molecule has 2 rings (SSSR count).